The number of benzene rings is 1. The van der Waals surface area contributed by atoms with Crippen LogP contribution in [-0.4, -0.2) is 29.4 Å². The Labute approximate surface area is 124 Å². The number of amides is 1. The Hall–Kier alpha value is -1.49. The SMILES string of the molecule is CCN(C(=O)c1cc(C)c(F)cc1F)C1CCC(N)CC1. The van der Waals surface area contributed by atoms with Gasteiger partial charge in [0.25, 0.3) is 5.91 Å². The molecule has 2 N–H and O–H groups in total. The summed E-state index contributed by atoms with van der Waals surface area (Å²) in [6.45, 7) is 3.91. The van der Waals surface area contributed by atoms with E-state index in [1.54, 1.807) is 4.90 Å². The van der Waals surface area contributed by atoms with Gasteiger partial charge in [0.05, 0.1) is 5.56 Å². The van der Waals surface area contributed by atoms with Crippen LogP contribution in [0.4, 0.5) is 8.78 Å². The maximum atomic E-state index is 13.9. The molecule has 5 heteroatoms. The van der Waals surface area contributed by atoms with Crippen LogP contribution in [0.5, 0.6) is 0 Å². The van der Waals surface area contributed by atoms with Crippen LogP contribution in [0.3, 0.4) is 0 Å². The van der Waals surface area contributed by atoms with Crippen LogP contribution in [0.25, 0.3) is 0 Å². The monoisotopic (exact) mass is 296 g/mol. The molecule has 0 aliphatic heterocycles. The van der Waals surface area contributed by atoms with Gasteiger partial charge in [0.1, 0.15) is 11.6 Å². The Kier molecular flexibility index (Phi) is 4.93. The smallest absolute Gasteiger partial charge is 0.257 e. The molecule has 116 valence electrons. The van der Waals surface area contributed by atoms with Crippen LogP contribution in [0, 0.1) is 18.6 Å². The van der Waals surface area contributed by atoms with Gasteiger partial charge in [-0.15, -0.1) is 0 Å². The Morgan fingerprint density at radius 3 is 2.43 bits per heavy atom. The Balaban J connectivity index is 2.22. The molecule has 1 fully saturated rings. The van der Waals surface area contributed by atoms with Gasteiger partial charge in [-0.1, -0.05) is 0 Å². The van der Waals surface area contributed by atoms with Gasteiger partial charge in [0.15, 0.2) is 0 Å². The first-order valence-corrected chi connectivity index (χ1v) is 7.46. The molecule has 1 amide bonds. The molecule has 0 spiro atoms. The summed E-state index contributed by atoms with van der Waals surface area (Å²) in [5.41, 5.74) is 6.11. The van der Waals surface area contributed by atoms with E-state index in [-0.39, 0.29) is 29.1 Å². The molecule has 0 atom stereocenters. The quantitative estimate of drug-likeness (QED) is 0.932. The number of halogens is 2. The van der Waals surface area contributed by atoms with Crippen LogP contribution in [0.1, 0.15) is 48.5 Å². The highest BCUT2D eigenvalue weighted by Gasteiger charge is 2.28. The lowest BCUT2D eigenvalue weighted by Crippen LogP contribution is -2.44. The van der Waals surface area contributed by atoms with Crippen molar-refractivity contribution < 1.29 is 13.6 Å². The van der Waals surface area contributed by atoms with Crippen LogP contribution in [0.2, 0.25) is 0 Å². The summed E-state index contributed by atoms with van der Waals surface area (Å²) in [6.07, 6.45) is 3.42. The largest absolute Gasteiger partial charge is 0.336 e. The summed E-state index contributed by atoms with van der Waals surface area (Å²) in [6, 6.07) is 2.36. The van der Waals surface area contributed by atoms with Crippen molar-refractivity contribution >= 4 is 5.91 Å². The van der Waals surface area contributed by atoms with Crippen molar-refractivity contribution in [2.24, 2.45) is 5.73 Å². The van der Waals surface area contributed by atoms with Gasteiger partial charge in [0.2, 0.25) is 0 Å². The zero-order valence-electron chi connectivity index (χ0n) is 12.5. The topological polar surface area (TPSA) is 46.3 Å². The second-order valence-electron chi connectivity index (χ2n) is 5.74. The highest BCUT2D eigenvalue weighted by atomic mass is 19.1. The number of carbonyl (C=O) groups is 1. The molecule has 0 heterocycles. The molecule has 1 aromatic carbocycles. The second kappa shape index (κ2) is 6.52. The fourth-order valence-electron chi connectivity index (χ4n) is 2.96. The zero-order valence-corrected chi connectivity index (χ0v) is 12.5. The molecule has 0 unspecified atom stereocenters. The Morgan fingerprint density at radius 2 is 1.86 bits per heavy atom. The minimum absolute atomic E-state index is 0.0504. The first-order valence-electron chi connectivity index (χ1n) is 7.46. The summed E-state index contributed by atoms with van der Waals surface area (Å²) in [5.74, 6) is -1.79. The molecule has 1 aliphatic rings. The van der Waals surface area contributed by atoms with Crippen LogP contribution < -0.4 is 5.73 Å². The summed E-state index contributed by atoms with van der Waals surface area (Å²) in [4.78, 5) is 14.3. The predicted octanol–water partition coefficient (Wildman–Crippen LogP) is 3.01. The van der Waals surface area contributed by atoms with Gasteiger partial charge in [-0.3, -0.25) is 4.79 Å². The molecule has 0 saturated heterocycles. The van der Waals surface area contributed by atoms with Crippen molar-refractivity contribution in [1.82, 2.24) is 4.90 Å². The standard InChI is InChI=1S/C16H22F2N2O/c1-3-20(12-6-4-11(19)5-7-12)16(21)13-8-10(2)14(17)9-15(13)18/h8-9,11-12H,3-7,19H2,1-2H3. The number of carbonyl (C=O) groups excluding carboxylic acids is 1. The molecule has 21 heavy (non-hydrogen) atoms. The third kappa shape index (κ3) is 3.40. The molecule has 2 rings (SSSR count). The molecule has 3 nitrogen and oxygen atoms in total. The molecule has 0 aromatic heterocycles. The van der Waals surface area contributed by atoms with Gasteiger partial charge in [0, 0.05) is 24.7 Å². The normalized spacial score (nSPS) is 22.1. The van der Waals surface area contributed by atoms with E-state index in [0.717, 1.165) is 31.7 Å². The van der Waals surface area contributed by atoms with Crippen molar-refractivity contribution in [2.75, 3.05) is 6.54 Å². The molecule has 1 aliphatic carbocycles. The summed E-state index contributed by atoms with van der Waals surface area (Å²) < 4.78 is 27.2. The van der Waals surface area contributed by atoms with E-state index >= 15 is 0 Å². The van der Waals surface area contributed by atoms with Gasteiger partial charge < -0.3 is 10.6 Å². The van der Waals surface area contributed by atoms with Crippen molar-refractivity contribution in [2.45, 2.75) is 51.6 Å². The van der Waals surface area contributed by atoms with Gasteiger partial charge >= 0.3 is 0 Å². The van der Waals surface area contributed by atoms with Gasteiger partial charge in [-0.2, -0.15) is 0 Å². The third-order valence-corrected chi connectivity index (χ3v) is 4.26. The predicted molar refractivity (Wildman–Crippen MR) is 78.0 cm³/mol. The van der Waals surface area contributed by atoms with Crippen molar-refractivity contribution in [1.29, 1.82) is 0 Å². The summed E-state index contributed by atoms with van der Waals surface area (Å²) >= 11 is 0. The van der Waals surface area contributed by atoms with E-state index in [1.165, 1.54) is 13.0 Å². The van der Waals surface area contributed by atoms with Crippen LogP contribution in [-0.2, 0) is 0 Å². The first kappa shape index (κ1) is 15.9. The van der Waals surface area contributed by atoms with E-state index in [1.807, 2.05) is 6.92 Å². The number of hydrogen-bond acceptors (Lipinski definition) is 2. The molecule has 0 bridgehead atoms. The van der Waals surface area contributed by atoms with E-state index < -0.39 is 11.6 Å². The average Bonchev–Trinajstić information content (AvgIpc) is 2.45. The maximum absolute atomic E-state index is 13.9. The number of nitrogens with zero attached hydrogens (tertiary/aromatic N) is 1. The zero-order chi connectivity index (χ0) is 15.6. The van der Waals surface area contributed by atoms with Crippen molar-refractivity contribution in [3.63, 3.8) is 0 Å². The Bertz CT molecular complexity index is 525. The third-order valence-electron chi connectivity index (χ3n) is 4.26. The van der Waals surface area contributed by atoms with Crippen molar-refractivity contribution in [3.8, 4) is 0 Å². The molecule has 1 aromatic rings. The first-order chi connectivity index (χ1) is 9.93. The fraction of sp³-hybridized carbons (Fsp3) is 0.562. The molecular weight excluding hydrogens is 274 g/mol. The van der Waals surface area contributed by atoms with Gasteiger partial charge in [-0.25, -0.2) is 8.78 Å². The minimum atomic E-state index is -0.797. The number of nitrogens with two attached hydrogens (primary N) is 1. The maximum Gasteiger partial charge on any atom is 0.257 e. The fourth-order valence-corrected chi connectivity index (χ4v) is 2.96. The average molecular weight is 296 g/mol. The number of rotatable bonds is 3. The molecular formula is C16H22F2N2O. The number of hydrogen-bond donors (Lipinski definition) is 1. The van der Waals surface area contributed by atoms with E-state index in [0.29, 0.717) is 6.54 Å². The summed E-state index contributed by atoms with van der Waals surface area (Å²) in [7, 11) is 0. The van der Waals surface area contributed by atoms with Gasteiger partial charge in [-0.05, 0) is 51.2 Å². The van der Waals surface area contributed by atoms with Crippen LogP contribution >= 0.6 is 0 Å². The lowest BCUT2D eigenvalue weighted by atomic mass is 9.90. The lowest BCUT2D eigenvalue weighted by Gasteiger charge is -2.35. The molecule has 1 saturated carbocycles. The van der Waals surface area contributed by atoms with E-state index in [4.69, 9.17) is 5.73 Å². The highest BCUT2D eigenvalue weighted by Crippen LogP contribution is 2.25. The number of aryl methyl sites for hydroxylation is 1. The van der Waals surface area contributed by atoms with E-state index in [9.17, 15) is 13.6 Å². The molecule has 0 radical (unpaired) electrons. The van der Waals surface area contributed by atoms with E-state index in [2.05, 4.69) is 0 Å². The second-order valence-corrected chi connectivity index (χ2v) is 5.74. The lowest BCUT2D eigenvalue weighted by molar-refractivity contribution is 0.0635. The van der Waals surface area contributed by atoms with Crippen molar-refractivity contribution in [3.05, 3.63) is 34.9 Å². The minimum Gasteiger partial charge on any atom is -0.336 e. The van der Waals surface area contributed by atoms with Crippen LogP contribution in [0.15, 0.2) is 12.1 Å². The summed E-state index contributed by atoms with van der Waals surface area (Å²) in [5, 5.41) is 0. The Morgan fingerprint density at radius 1 is 1.24 bits per heavy atom. The highest BCUT2D eigenvalue weighted by molar-refractivity contribution is 5.95.